The maximum atomic E-state index is 12.9. The van der Waals surface area contributed by atoms with E-state index in [1.54, 1.807) is 16.2 Å². The van der Waals surface area contributed by atoms with Crippen molar-refractivity contribution in [2.45, 2.75) is 25.3 Å². The highest BCUT2D eigenvalue weighted by atomic mass is 32.1. The number of rotatable bonds is 5. The zero-order valence-corrected chi connectivity index (χ0v) is 18.6. The number of para-hydroxylation sites is 1. The average Bonchev–Trinajstić information content (AvgIpc) is 3.23. The number of piperidine rings is 1. The van der Waals surface area contributed by atoms with Crippen LogP contribution < -0.4 is 9.47 Å². The van der Waals surface area contributed by atoms with E-state index in [2.05, 4.69) is 23.1 Å². The molecule has 3 heterocycles. The van der Waals surface area contributed by atoms with Gasteiger partial charge in [0.15, 0.2) is 11.5 Å². The maximum absolute atomic E-state index is 12.9. The smallest absolute Gasteiger partial charge is 0.236 e. The highest BCUT2D eigenvalue weighted by molar-refractivity contribution is 7.18. The van der Waals surface area contributed by atoms with Crippen molar-refractivity contribution in [3.63, 3.8) is 0 Å². The molecule has 0 N–H and O–H groups in total. The Morgan fingerprint density at radius 1 is 1.19 bits per heavy atom. The summed E-state index contributed by atoms with van der Waals surface area (Å²) in [6, 6.07) is 14.2. The number of aromatic nitrogens is 1. The molecule has 1 fully saturated rings. The first-order valence-electron chi connectivity index (χ1n) is 10.9. The molecule has 7 heteroatoms. The van der Waals surface area contributed by atoms with Crippen LogP contribution in [0, 0.1) is 0 Å². The van der Waals surface area contributed by atoms with Crippen molar-refractivity contribution in [1.29, 1.82) is 0 Å². The molecule has 0 saturated carbocycles. The number of carbonyl (C=O) groups is 1. The van der Waals surface area contributed by atoms with Gasteiger partial charge in [0.05, 0.1) is 21.8 Å². The van der Waals surface area contributed by atoms with Crippen molar-refractivity contribution in [1.82, 2.24) is 14.8 Å². The van der Waals surface area contributed by atoms with Gasteiger partial charge >= 0.3 is 0 Å². The summed E-state index contributed by atoms with van der Waals surface area (Å²) in [5.41, 5.74) is 2.13. The zero-order chi connectivity index (χ0) is 21.2. The Labute approximate surface area is 186 Å². The van der Waals surface area contributed by atoms with Crippen molar-refractivity contribution in [3.05, 3.63) is 53.0 Å². The number of thiazole rings is 1. The van der Waals surface area contributed by atoms with Crippen molar-refractivity contribution in [2.75, 3.05) is 39.9 Å². The van der Waals surface area contributed by atoms with Crippen molar-refractivity contribution < 1.29 is 14.3 Å². The maximum Gasteiger partial charge on any atom is 0.236 e. The Kier molecular flexibility index (Phi) is 5.78. The lowest BCUT2D eigenvalue weighted by Crippen LogP contribution is -2.42. The van der Waals surface area contributed by atoms with Gasteiger partial charge in [-0.1, -0.05) is 18.2 Å². The van der Waals surface area contributed by atoms with E-state index in [0.29, 0.717) is 32.2 Å². The summed E-state index contributed by atoms with van der Waals surface area (Å²) in [5.74, 6) is 2.08. The van der Waals surface area contributed by atoms with Crippen LogP contribution in [0.5, 0.6) is 11.5 Å². The summed E-state index contributed by atoms with van der Waals surface area (Å²) in [6.45, 7) is 4.01. The lowest BCUT2D eigenvalue weighted by atomic mass is 9.98. The van der Waals surface area contributed by atoms with E-state index < -0.39 is 0 Å². The summed E-state index contributed by atoms with van der Waals surface area (Å²) in [4.78, 5) is 21.8. The largest absolute Gasteiger partial charge is 0.486 e. The molecule has 2 aromatic carbocycles. The Bertz CT molecular complexity index is 1050. The summed E-state index contributed by atoms with van der Waals surface area (Å²) < 4.78 is 12.5. The zero-order valence-electron chi connectivity index (χ0n) is 17.8. The number of nitrogens with zero attached hydrogens (tertiary/aromatic N) is 3. The third-order valence-electron chi connectivity index (χ3n) is 5.98. The number of likely N-dealkylation sites (N-methyl/N-ethyl adjacent to an activating group) is 1. The minimum absolute atomic E-state index is 0.139. The van der Waals surface area contributed by atoms with Crippen LogP contribution in [-0.2, 0) is 11.3 Å². The molecular weight excluding hydrogens is 410 g/mol. The number of amides is 1. The van der Waals surface area contributed by atoms with Gasteiger partial charge in [0.2, 0.25) is 5.91 Å². The van der Waals surface area contributed by atoms with E-state index in [9.17, 15) is 4.79 Å². The number of fused-ring (bicyclic) bond motifs is 2. The summed E-state index contributed by atoms with van der Waals surface area (Å²) in [7, 11) is 1.87. The van der Waals surface area contributed by atoms with Crippen LogP contribution in [0.15, 0.2) is 42.5 Å². The predicted octanol–water partition coefficient (Wildman–Crippen LogP) is 3.91. The van der Waals surface area contributed by atoms with Gasteiger partial charge in [-0.3, -0.25) is 9.69 Å². The molecular formula is C24H27N3O3S. The topological polar surface area (TPSA) is 54.9 Å². The third-order valence-corrected chi connectivity index (χ3v) is 7.18. The molecule has 162 valence electrons. The highest BCUT2D eigenvalue weighted by Gasteiger charge is 2.26. The van der Waals surface area contributed by atoms with E-state index in [-0.39, 0.29) is 5.91 Å². The number of carbonyl (C=O) groups excluding carboxylic acids is 1. The van der Waals surface area contributed by atoms with Crippen LogP contribution in [0.2, 0.25) is 0 Å². The Morgan fingerprint density at radius 3 is 2.90 bits per heavy atom. The quantitative estimate of drug-likeness (QED) is 0.606. The molecule has 0 unspecified atom stereocenters. The van der Waals surface area contributed by atoms with Crippen LogP contribution in [-0.4, -0.2) is 60.6 Å². The first-order chi connectivity index (χ1) is 15.2. The second kappa shape index (κ2) is 8.85. The molecule has 6 nitrogen and oxygen atoms in total. The molecule has 0 radical (unpaired) electrons. The van der Waals surface area contributed by atoms with E-state index in [0.717, 1.165) is 48.5 Å². The minimum atomic E-state index is 0.139. The van der Waals surface area contributed by atoms with Crippen LogP contribution in [0.3, 0.4) is 0 Å². The fourth-order valence-electron chi connectivity index (χ4n) is 4.33. The van der Waals surface area contributed by atoms with Gasteiger partial charge in [-0.2, -0.15) is 0 Å². The van der Waals surface area contributed by atoms with Gasteiger partial charge in [0, 0.05) is 26.1 Å². The molecule has 5 rings (SSSR count). The normalized spacial score (nSPS) is 18.8. The number of likely N-dealkylation sites (tertiary alicyclic amines) is 1. The van der Waals surface area contributed by atoms with Crippen LogP contribution >= 0.6 is 11.3 Å². The van der Waals surface area contributed by atoms with Crippen molar-refractivity contribution in [2.24, 2.45) is 0 Å². The molecule has 1 atom stereocenters. The summed E-state index contributed by atoms with van der Waals surface area (Å²) in [6.07, 6.45) is 2.23. The van der Waals surface area contributed by atoms with Gasteiger partial charge in [-0.05, 0) is 49.2 Å². The molecule has 1 amide bonds. The van der Waals surface area contributed by atoms with E-state index in [1.807, 2.05) is 31.3 Å². The third kappa shape index (κ3) is 4.52. The fourth-order valence-corrected chi connectivity index (χ4v) is 5.42. The monoisotopic (exact) mass is 437 g/mol. The Morgan fingerprint density at radius 2 is 2.03 bits per heavy atom. The molecule has 0 bridgehead atoms. The van der Waals surface area contributed by atoms with E-state index in [1.165, 1.54) is 9.71 Å². The summed E-state index contributed by atoms with van der Waals surface area (Å²) >= 11 is 1.79. The van der Waals surface area contributed by atoms with Crippen molar-refractivity contribution >= 4 is 27.5 Å². The molecule has 3 aromatic rings. The van der Waals surface area contributed by atoms with E-state index in [4.69, 9.17) is 14.5 Å². The second-order valence-electron chi connectivity index (χ2n) is 8.32. The van der Waals surface area contributed by atoms with E-state index >= 15 is 0 Å². The number of hydrogen-bond donors (Lipinski definition) is 0. The summed E-state index contributed by atoms with van der Waals surface area (Å²) in [5, 5.41) is 1.20. The van der Waals surface area contributed by atoms with Gasteiger partial charge in [0.25, 0.3) is 0 Å². The molecule has 31 heavy (non-hydrogen) atoms. The van der Waals surface area contributed by atoms with Crippen molar-refractivity contribution in [3.8, 4) is 11.5 Å². The first-order valence-corrected chi connectivity index (χ1v) is 11.7. The van der Waals surface area contributed by atoms with Gasteiger partial charge in [-0.25, -0.2) is 4.98 Å². The number of benzene rings is 2. The minimum Gasteiger partial charge on any atom is -0.486 e. The second-order valence-corrected chi connectivity index (χ2v) is 9.38. The first kappa shape index (κ1) is 20.3. The standard InChI is InChI=1S/C24H27N3O3S/c1-26(14-17-8-9-20-21(13-17)30-12-11-29-20)23(28)16-27-10-4-5-18(15-27)24-25-19-6-2-3-7-22(19)31-24/h2-3,6-9,13,18H,4-5,10-12,14-16H2,1H3/t18-/m0/s1. The molecule has 2 aliphatic heterocycles. The lowest BCUT2D eigenvalue weighted by molar-refractivity contribution is -0.131. The molecule has 0 spiro atoms. The fraction of sp³-hybridized carbons (Fsp3) is 0.417. The van der Waals surface area contributed by atoms with Gasteiger partial charge in [0.1, 0.15) is 13.2 Å². The SMILES string of the molecule is CN(Cc1ccc2c(c1)OCCO2)C(=O)CN1CCC[C@H](c2nc3ccccc3s2)C1. The number of ether oxygens (including phenoxy) is 2. The predicted molar refractivity (Wildman–Crippen MR) is 122 cm³/mol. The van der Waals surface area contributed by atoms with Crippen LogP contribution in [0.25, 0.3) is 10.2 Å². The lowest BCUT2D eigenvalue weighted by Gasteiger charge is -2.32. The molecule has 1 saturated heterocycles. The van der Waals surface area contributed by atoms with Crippen LogP contribution in [0.1, 0.15) is 29.3 Å². The molecule has 0 aliphatic carbocycles. The van der Waals surface area contributed by atoms with Gasteiger partial charge < -0.3 is 14.4 Å². The van der Waals surface area contributed by atoms with Crippen LogP contribution in [0.4, 0.5) is 0 Å². The highest BCUT2D eigenvalue weighted by Crippen LogP contribution is 2.33. The Balaban J connectivity index is 1.19. The number of hydrogen-bond acceptors (Lipinski definition) is 6. The van der Waals surface area contributed by atoms with Gasteiger partial charge in [-0.15, -0.1) is 11.3 Å². The average molecular weight is 438 g/mol. The Hall–Kier alpha value is -2.64. The molecule has 1 aromatic heterocycles. The molecule has 2 aliphatic rings.